The minimum atomic E-state index is -0.753. The van der Waals surface area contributed by atoms with Crippen molar-refractivity contribution in [3.63, 3.8) is 0 Å². The second kappa shape index (κ2) is 6.86. The number of nitrogens with two attached hydrogens (primary N) is 1. The van der Waals surface area contributed by atoms with Crippen molar-refractivity contribution in [2.75, 3.05) is 20.2 Å². The first-order chi connectivity index (χ1) is 7.65. The Labute approximate surface area is 97.8 Å². The number of likely N-dealkylation sites (N-methyl/N-ethyl adjacent to an activating group) is 1. The molecule has 0 aromatic rings. The van der Waals surface area contributed by atoms with Crippen molar-refractivity contribution in [2.24, 2.45) is 11.7 Å². The van der Waals surface area contributed by atoms with Gasteiger partial charge in [-0.05, 0) is 12.3 Å². The molecule has 0 aromatic carbocycles. The standard InChI is InChI=1S/C12H24N2O2/c1-14(12(16)11(13)9-15)8-7-10-5-3-2-4-6-10/h10-11,15H,2-9,13H2,1H3. The van der Waals surface area contributed by atoms with Gasteiger partial charge in [0.25, 0.3) is 0 Å². The number of hydrogen-bond donors (Lipinski definition) is 2. The molecule has 1 saturated carbocycles. The van der Waals surface area contributed by atoms with Gasteiger partial charge < -0.3 is 15.7 Å². The van der Waals surface area contributed by atoms with Gasteiger partial charge in [-0.1, -0.05) is 32.1 Å². The van der Waals surface area contributed by atoms with Gasteiger partial charge in [0.15, 0.2) is 0 Å². The SMILES string of the molecule is CN(CCC1CCCCC1)C(=O)C(N)CO. The summed E-state index contributed by atoms with van der Waals surface area (Å²) in [6, 6.07) is -0.753. The zero-order valence-corrected chi connectivity index (χ0v) is 10.2. The third kappa shape index (κ3) is 4.10. The van der Waals surface area contributed by atoms with Crippen molar-refractivity contribution in [2.45, 2.75) is 44.6 Å². The number of carbonyl (C=O) groups excluding carboxylic acids is 1. The Morgan fingerprint density at radius 2 is 2.06 bits per heavy atom. The first kappa shape index (κ1) is 13.5. The lowest BCUT2D eigenvalue weighted by atomic mass is 9.87. The molecule has 0 aromatic heterocycles. The molecule has 4 heteroatoms. The van der Waals surface area contributed by atoms with E-state index in [0.717, 1.165) is 18.9 Å². The van der Waals surface area contributed by atoms with E-state index in [4.69, 9.17) is 10.8 Å². The predicted molar refractivity (Wildman–Crippen MR) is 63.9 cm³/mol. The highest BCUT2D eigenvalue weighted by Crippen LogP contribution is 2.26. The van der Waals surface area contributed by atoms with Crippen LogP contribution in [0.5, 0.6) is 0 Å². The van der Waals surface area contributed by atoms with E-state index in [2.05, 4.69) is 0 Å². The van der Waals surface area contributed by atoms with Crippen LogP contribution in [0.25, 0.3) is 0 Å². The number of amides is 1. The van der Waals surface area contributed by atoms with Gasteiger partial charge in [0.2, 0.25) is 5.91 Å². The van der Waals surface area contributed by atoms with E-state index in [0.29, 0.717) is 0 Å². The van der Waals surface area contributed by atoms with Crippen LogP contribution in [0, 0.1) is 5.92 Å². The third-order valence-corrected chi connectivity index (χ3v) is 3.49. The number of carbonyl (C=O) groups is 1. The monoisotopic (exact) mass is 228 g/mol. The lowest BCUT2D eigenvalue weighted by Crippen LogP contribution is -2.44. The largest absolute Gasteiger partial charge is 0.394 e. The van der Waals surface area contributed by atoms with Gasteiger partial charge in [-0.3, -0.25) is 4.79 Å². The second-order valence-corrected chi connectivity index (χ2v) is 4.84. The van der Waals surface area contributed by atoms with Crippen LogP contribution in [0.15, 0.2) is 0 Å². The lowest BCUT2D eigenvalue weighted by Gasteiger charge is -2.25. The molecule has 1 unspecified atom stereocenters. The van der Waals surface area contributed by atoms with Gasteiger partial charge in [0.1, 0.15) is 6.04 Å². The maximum atomic E-state index is 11.6. The van der Waals surface area contributed by atoms with Crippen molar-refractivity contribution in [1.82, 2.24) is 4.90 Å². The highest BCUT2D eigenvalue weighted by Gasteiger charge is 2.19. The highest BCUT2D eigenvalue weighted by molar-refractivity contribution is 5.81. The van der Waals surface area contributed by atoms with E-state index in [1.54, 1.807) is 11.9 Å². The minimum Gasteiger partial charge on any atom is -0.394 e. The molecule has 3 N–H and O–H groups in total. The fourth-order valence-electron chi connectivity index (χ4n) is 2.32. The van der Waals surface area contributed by atoms with E-state index in [1.807, 2.05) is 0 Å². The number of rotatable bonds is 5. The van der Waals surface area contributed by atoms with E-state index < -0.39 is 6.04 Å². The summed E-state index contributed by atoms with van der Waals surface area (Å²) in [6.45, 7) is 0.490. The quantitative estimate of drug-likeness (QED) is 0.729. The number of aliphatic hydroxyl groups is 1. The Balaban J connectivity index is 2.22. The minimum absolute atomic E-state index is 0.154. The summed E-state index contributed by atoms with van der Waals surface area (Å²) in [7, 11) is 1.76. The average Bonchev–Trinajstić information content (AvgIpc) is 2.35. The summed E-state index contributed by atoms with van der Waals surface area (Å²) in [4.78, 5) is 13.2. The molecule has 0 bridgehead atoms. The van der Waals surface area contributed by atoms with E-state index in [-0.39, 0.29) is 12.5 Å². The van der Waals surface area contributed by atoms with Gasteiger partial charge in [0.05, 0.1) is 6.61 Å². The van der Waals surface area contributed by atoms with Crippen molar-refractivity contribution in [3.8, 4) is 0 Å². The molecule has 1 amide bonds. The van der Waals surface area contributed by atoms with E-state index in [9.17, 15) is 4.79 Å². The van der Waals surface area contributed by atoms with Crippen LogP contribution in [0.4, 0.5) is 0 Å². The molecule has 16 heavy (non-hydrogen) atoms. The lowest BCUT2D eigenvalue weighted by molar-refractivity contribution is -0.132. The highest BCUT2D eigenvalue weighted by atomic mass is 16.3. The summed E-state index contributed by atoms with van der Waals surface area (Å²) >= 11 is 0. The molecule has 94 valence electrons. The molecule has 1 aliphatic carbocycles. The number of hydrogen-bond acceptors (Lipinski definition) is 3. The smallest absolute Gasteiger partial charge is 0.241 e. The normalized spacial score (nSPS) is 19.4. The summed E-state index contributed by atoms with van der Waals surface area (Å²) in [6.07, 6.45) is 7.69. The van der Waals surface area contributed by atoms with Crippen molar-refractivity contribution in [3.05, 3.63) is 0 Å². The summed E-state index contributed by atoms with van der Waals surface area (Å²) in [5, 5.41) is 8.80. The van der Waals surface area contributed by atoms with Crippen molar-refractivity contribution in [1.29, 1.82) is 0 Å². The third-order valence-electron chi connectivity index (χ3n) is 3.49. The molecule has 4 nitrogen and oxygen atoms in total. The summed E-state index contributed by atoms with van der Waals surface area (Å²) in [5.74, 6) is 0.618. The molecule has 0 aliphatic heterocycles. The zero-order valence-electron chi connectivity index (χ0n) is 10.2. The fraction of sp³-hybridized carbons (Fsp3) is 0.917. The van der Waals surface area contributed by atoms with E-state index in [1.165, 1.54) is 32.1 Å². The molecule has 1 aliphatic rings. The van der Waals surface area contributed by atoms with Crippen LogP contribution in [0.1, 0.15) is 38.5 Å². The summed E-state index contributed by atoms with van der Waals surface area (Å²) in [5.41, 5.74) is 5.48. The van der Waals surface area contributed by atoms with Crippen LogP contribution in [-0.4, -0.2) is 42.2 Å². The van der Waals surface area contributed by atoms with Crippen molar-refractivity contribution >= 4 is 5.91 Å². The summed E-state index contributed by atoms with van der Waals surface area (Å²) < 4.78 is 0. The van der Waals surface area contributed by atoms with Gasteiger partial charge in [-0.15, -0.1) is 0 Å². The predicted octanol–water partition coefficient (Wildman–Crippen LogP) is 0.735. The van der Waals surface area contributed by atoms with Crippen LogP contribution < -0.4 is 5.73 Å². The number of aliphatic hydroxyl groups excluding tert-OH is 1. The van der Waals surface area contributed by atoms with E-state index >= 15 is 0 Å². The Morgan fingerprint density at radius 1 is 1.44 bits per heavy atom. The Morgan fingerprint density at radius 3 is 2.62 bits per heavy atom. The van der Waals surface area contributed by atoms with Crippen LogP contribution in [0.3, 0.4) is 0 Å². The molecule has 0 saturated heterocycles. The molecule has 1 atom stereocenters. The van der Waals surface area contributed by atoms with Crippen LogP contribution in [-0.2, 0) is 4.79 Å². The molecule has 0 radical (unpaired) electrons. The van der Waals surface area contributed by atoms with Gasteiger partial charge >= 0.3 is 0 Å². The maximum absolute atomic E-state index is 11.6. The van der Waals surface area contributed by atoms with Gasteiger partial charge in [-0.2, -0.15) is 0 Å². The molecule has 0 heterocycles. The Bertz CT molecular complexity index is 215. The first-order valence-corrected chi connectivity index (χ1v) is 6.26. The Hall–Kier alpha value is -0.610. The van der Waals surface area contributed by atoms with Gasteiger partial charge in [-0.25, -0.2) is 0 Å². The topological polar surface area (TPSA) is 66.6 Å². The fourth-order valence-corrected chi connectivity index (χ4v) is 2.32. The maximum Gasteiger partial charge on any atom is 0.241 e. The van der Waals surface area contributed by atoms with Crippen molar-refractivity contribution < 1.29 is 9.90 Å². The molecular formula is C12H24N2O2. The second-order valence-electron chi connectivity index (χ2n) is 4.84. The molecule has 1 rings (SSSR count). The van der Waals surface area contributed by atoms with Crippen LogP contribution >= 0.6 is 0 Å². The zero-order chi connectivity index (χ0) is 12.0. The van der Waals surface area contributed by atoms with Crippen LogP contribution in [0.2, 0.25) is 0 Å². The molecule has 1 fully saturated rings. The first-order valence-electron chi connectivity index (χ1n) is 6.26. The average molecular weight is 228 g/mol. The molecule has 0 spiro atoms. The van der Waals surface area contributed by atoms with Gasteiger partial charge in [0, 0.05) is 13.6 Å². The Kier molecular flexibility index (Phi) is 5.77. The molecular weight excluding hydrogens is 204 g/mol. The number of nitrogens with zero attached hydrogens (tertiary/aromatic N) is 1.